The molecule has 0 bridgehead atoms. The summed E-state index contributed by atoms with van der Waals surface area (Å²) in [6, 6.07) is 3.49. The third-order valence-electron chi connectivity index (χ3n) is 4.66. The van der Waals surface area contributed by atoms with E-state index in [1.165, 1.54) is 12.1 Å². The average molecular weight is 352 g/mol. The van der Waals surface area contributed by atoms with Gasteiger partial charge in [-0.15, -0.1) is 0 Å². The molecule has 0 atom stereocenters. The van der Waals surface area contributed by atoms with E-state index < -0.39 is 6.11 Å². The quantitative estimate of drug-likeness (QED) is 0.842. The van der Waals surface area contributed by atoms with Gasteiger partial charge in [0.15, 0.2) is 0 Å². The molecule has 1 aliphatic heterocycles. The number of hydrogen-bond donors (Lipinski definition) is 1. The maximum absolute atomic E-state index is 12.4. The fourth-order valence-corrected chi connectivity index (χ4v) is 3.17. The van der Waals surface area contributed by atoms with Gasteiger partial charge in [-0.25, -0.2) is 4.98 Å². The van der Waals surface area contributed by atoms with Crippen molar-refractivity contribution < 1.29 is 23.4 Å². The molecule has 1 saturated heterocycles. The fourth-order valence-electron chi connectivity index (χ4n) is 3.17. The Morgan fingerprint density at radius 1 is 1.24 bits per heavy atom. The molecule has 0 amide bonds. The Balaban J connectivity index is 1.52. The number of nitrogens with zero attached hydrogens (tertiary/aromatic N) is 2. The molecule has 0 spiro atoms. The molecule has 3 rings (SSSR count). The molecular weight excluding hydrogens is 330 g/mol. The number of aliphatic hydroxyl groups is 1. The predicted octanol–water partition coefficient (Wildman–Crippen LogP) is 2.18. The summed E-state index contributed by atoms with van der Waals surface area (Å²) in [5.74, 6) is 3.68. The van der Waals surface area contributed by atoms with E-state index in [1.54, 1.807) is 13.2 Å². The van der Waals surface area contributed by atoms with Crippen LogP contribution in [0.2, 0.25) is 0 Å². The molecule has 136 valence electrons. The molecule has 1 saturated carbocycles. The monoisotopic (exact) mass is 352 g/mol. The first kappa shape index (κ1) is 18.1. The lowest BCUT2D eigenvalue weighted by atomic mass is 9.91. The molecule has 1 N–H and O–H groups in total. The summed E-state index contributed by atoms with van der Waals surface area (Å²) in [5.41, 5.74) is 1.10. The van der Waals surface area contributed by atoms with Crippen LogP contribution >= 0.6 is 0 Å². The summed E-state index contributed by atoms with van der Waals surface area (Å²) in [7, 11) is 1.73. The van der Waals surface area contributed by atoms with Crippen molar-refractivity contribution in [1.29, 1.82) is 0 Å². The van der Waals surface area contributed by atoms with Crippen LogP contribution in [0.3, 0.4) is 0 Å². The predicted molar refractivity (Wildman–Crippen MR) is 88.4 cm³/mol. The largest absolute Gasteiger partial charge is 0.421 e. The maximum Gasteiger partial charge on any atom is 0.421 e. The second kappa shape index (κ2) is 7.65. The van der Waals surface area contributed by atoms with Gasteiger partial charge in [0.1, 0.15) is 5.69 Å². The Bertz CT molecular complexity index is 640. The maximum atomic E-state index is 12.4. The van der Waals surface area contributed by atoms with Crippen LogP contribution in [0.5, 0.6) is 0 Å². The number of rotatable bonds is 4. The van der Waals surface area contributed by atoms with E-state index in [0.29, 0.717) is 12.2 Å². The van der Waals surface area contributed by atoms with Gasteiger partial charge >= 0.3 is 6.11 Å². The number of halogens is 2. The van der Waals surface area contributed by atoms with E-state index in [9.17, 15) is 8.78 Å². The van der Waals surface area contributed by atoms with Gasteiger partial charge in [-0.2, -0.15) is 8.78 Å². The highest BCUT2D eigenvalue weighted by Crippen LogP contribution is 2.30. The van der Waals surface area contributed by atoms with Crippen molar-refractivity contribution in [1.82, 2.24) is 4.98 Å². The number of aromatic nitrogens is 1. The highest BCUT2D eigenvalue weighted by Gasteiger charge is 2.32. The van der Waals surface area contributed by atoms with E-state index in [-0.39, 0.29) is 11.8 Å². The summed E-state index contributed by atoms with van der Waals surface area (Å²) in [4.78, 5) is 6.11. The van der Waals surface area contributed by atoms with Crippen LogP contribution in [0, 0.1) is 11.8 Å². The van der Waals surface area contributed by atoms with E-state index in [4.69, 9.17) is 14.6 Å². The van der Waals surface area contributed by atoms with Crippen LogP contribution in [-0.2, 0) is 9.47 Å². The molecule has 5 nitrogen and oxygen atoms in total. The minimum atomic E-state index is -4.00. The topological polar surface area (TPSA) is 54.8 Å². The molecule has 0 radical (unpaired) electrons. The highest BCUT2D eigenvalue weighted by molar-refractivity contribution is 5.50. The van der Waals surface area contributed by atoms with Gasteiger partial charge in [-0.1, -0.05) is 0 Å². The Labute approximate surface area is 145 Å². The Hall–Kier alpha value is -1.75. The number of pyridine rings is 1. The van der Waals surface area contributed by atoms with Gasteiger partial charge in [-0.05, 0) is 43.7 Å². The van der Waals surface area contributed by atoms with E-state index in [2.05, 4.69) is 15.8 Å². The van der Waals surface area contributed by atoms with Gasteiger partial charge in [-0.3, -0.25) is 0 Å². The third kappa shape index (κ3) is 5.11. The minimum Gasteiger partial charge on any atom is -0.381 e. The Kier molecular flexibility index (Phi) is 5.52. The van der Waals surface area contributed by atoms with Crippen molar-refractivity contribution in [3.8, 4) is 11.8 Å². The second-order valence-electron chi connectivity index (χ2n) is 6.46. The van der Waals surface area contributed by atoms with Gasteiger partial charge in [0.2, 0.25) is 0 Å². The summed E-state index contributed by atoms with van der Waals surface area (Å²) >= 11 is 0. The fraction of sp³-hybridized carbons (Fsp3) is 0.611. The first-order valence-corrected chi connectivity index (χ1v) is 8.45. The van der Waals surface area contributed by atoms with Crippen LogP contribution < -0.4 is 4.90 Å². The van der Waals surface area contributed by atoms with E-state index in [1.807, 2.05) is 6.07 Å². The summed E-state index contributed by atoms with van der Waals surface area (Å²) in [6.45, 7) is 1.66. The van der Waals surface area contributed by atoms with Crippen molar-refractivity contribution in [3.63, 3.8) is 0 Å². The lowest BCUT2D eigenvalue weighted by Crippen LogP contribution is -2.43. The van der Waals surface area contributed by atoms with Gasteiger partial charge in [0, 0.05) is 38.0 Å². The summed E-state index contributed by atoms with van der Waals surface area (Å²) < 4.78 is 36.2. The van der Waals surface area contributed by atoms with Crippen LogP contribution in [0.1, 0.15) is 31.4 Å². The van der Waals surface area contributed by atoms with Crippen LogP contribution in [0.15, 0.2) is 18.3 Å². The molecule has 7 heteroatoms. The zero-order valence-corrected chi connectivity index (χ0v) is 14.1. The molecule has 1 aromatic heterocycles. The van der Waals surface area contributed by atoms with Crippen molar-refractivity contribution in [3.05, 3.63) is 24.0 Å². The summed E-state index contributed by atoms with van der Waals surface area (Å²) in [5, 5.41) is 8.39. The molecule has 0 unspecified atom stereocenters. The number of hydrogen-bond acceptors (Lipinski definition) is 5. The van der Waals surface area contributed by atoms with Gasteiger partial charge in [0.05, 0.1) is 18.3 Å². The normalized spacial score (nSPS) is 24.4. The second-order valence-corrected chi connectivity index (χ2v) is 6.46. The molecule has 1 aromatic rings. The van der Waals surface area contributed by atoms with Gasteiger partial charge in [0.25, 0.3) is 0 Å². The Morgan fingerprint density at radius 2 is 1.96 bits per heavy atom. The highest BCUT2D eigenvalue weighted by atomic mass is 19.3. The SMILES string of the molecule is COC1CC(OC2CCN(c3ccnc(C#CC(O)(F)F)c3)CC2)C1. The number of anilines is 1. The average Bonchev–Trinajstić information content (AvgIpc) is 2.56. The molecular formula is C18H22F2N2O3. The molecule has 1 aliphatic carbocycles. The first-order chi connectivity index (χ1) is 11.9. The number of ether oxygens (including phenoxy) is 2. The van der Waals surface area contributed by atoms with Crippen LogP contribution in [-0.4, -0.2) is 54.7 Å². The lowest BCUT2D eigenvalue weighted by molar-refractivity contribution is -0.145. The van der Waals surface area contributed by atoms with Crippen LogP contribution in [0.25, 0.3) is 0 Å². The van der Waals surface area contributed by atoms with Gasteiger partial charge < -0.3 is 19.5 Å². The number of methoxy groups -OCH3 is 1. The zero-order valence-electron chi connectivity index (χ0n) is 14.1. The van der Waals surface area contributed by atoms with Crippen LogP contribution in [0.4, 0.5) is 14.5 Å². The number of piperidine rings is 1. The van der Waals surface area contributed by atoms with E-state index in [0.717, 1.165) is 44.5 Å². The first-order valence-electron chi connectivity index (χ1n) is 8.45. The molecule has 2 heterocycles. The van der Waals surface area contributed by atoms with Crippen molar-refractivity contribution in [2.24, 2.45) is 0 Å². The zero-order chi connectivity index (χ0) is 17.9. The van der Waals surface area contributed by atoms with Crippen molar-refractivity contribution in [2.45, 2.75) is 50.1 Å². The molecule has 0 aromatic carbocycles. The lowest BCUT2D eigenvalue weighted by Gasteiger charge is -2.40. The molecule has 2 fully saturated rings. The number of alkyl halides is 2. The van der Waals surface area contributed by atoms with Crippen molar-refractivity contribution >= 4 is 5.69 Å². The summed E-state index contributed by atoms with van der Waals surface area (Å²) in [6.07, 6.45) is 2.23. The van der Waals surface area contributed by atoms with Crippen molar-refractivity contribution in [2.75, 3.05) is 25.1 Å². The molecule has 25 heavy (non-hydrogen) atoms. The Morgan fingerprint density at radius 3 is 2.60 bits per heavy atom. The standard InChI is InChI=1S/C18H22F2N2O3/c1-24-16-11-17(12-16)25-15-4-8-22(9-5-15)14-3-7-21-13(10-14)2-6-18(19,20)23/h3,7,10,15-17,23H,4-5,8-9,11-12H2,1H3. The van der Waals surface area contributed by atoms with E-state index >= 15 is 0 Å². The minimum absolute atomic E-state index is 0.213. The smallest absolute Gasteiger partial charge is 0.381 e. The molecule has 2 aliphatic rings. The third-order valence-corrected chi connectivity index (χ3v) is 4.66.